The predicted molar refractivity (Wildman–Crippen MR) is 127 cm³/mol. The van der Waals surface area contributed by atoms with Crippen LogP contribution in [0.15, 0.2) is 52.7 Å². The lowest BCUT2D eigenvalue weighted by atomic mass is 10.0. The highest BCUT2D eigenvalue weighted by Gasteiger charge is 2.22. The minimum atomic E-state index is -0.258. The first-order valence-electron chi connectivity index (χ1n) is 10.0. The SMILES string of the molecule is CC(=O)N(c1nc(COC(=O)CCSc2ccccc2)cs1)c1c(C)cc(C)cc1C. The summed E-state index contributed by atoms with van der Waals surface area (Å²) in [5, 5.41) is 2.41. The van der Waals surface area contributed by atoms with E-state index < -0.39 is 0 Å². The van der Waals surface area contributed by atoms with Gasteiger partial charge in [0.25, 0.3) is 0 Å². The van der Waals surface area contributed by atoms with Gasteiger partial charge in [-0.1, -0.05) is 35.9 Å². The summed E-state index contributed by atoms with van der Waals surface area (Å²) in [6.45, 7) is 7.66. The van der Waals surface area contributed by atoms with Crippen molar-refractivity contribution in [2.24, 2.45) is 0 Å². The molecule has 1 aromatic heterocycles. The highest BCUT2D eigenvalue weighted by atomic mass is 32.2. The number of ether oxygens (including phenoxy) is 1. The van der Waals surface area contributed by atoms with Gasteiger partial charge in [-0.15, -0.1) is 23.1 Å². The average Bonchev–Trinajstić information content (AvgIpc) is 3.18. The van der Waals surface area contributed by atoms with Crippen LogP contribution >= 0.6 is 23.1 Å². The maximum atomic E-state index is 12.4. The Balaban J connectivity index is 1.61. The molecule has 0 atom stereocenters. The van der Waals surface area contributed by atoms with E-state index in [-0.39, 0.29) is 18.5 Å². The lowest BCUT2D eigenvalue weighted by molar-refractivity contribution is -0.144. The molecule has 0 N–H and O–H groups in total. The second-order valence-electron chi connectivity index (χ2n) is 7.30. The molecule has 0 aliphatic carbocycles. The Labute approximate surface area is 191 Å². The fourth-order valence-corrected chi connectivity index (χ4v) is 5.09. The normalized spacial score (nSPS) is 10.7. The van der Waals surface area contributed by atoms with Crippen molar-refractivity contribution in [3.05, 3.63) is 70.2 Å². The van der Waals surface area contributed by atoms with Crippen molar-refractivity contribution in [3.63, 3.8) is 0 Å². The minimum absolute atomic E-state index is 0.100. The smallest absolute Gasteiger partial charge is 0.307 e. The molecule has 162 valence electrons. The molecular weight excluding hydrogens is 428 g/mol. The first kappa shape index (κ1) is 23.0. The van der Waals surface area contributed by atoms with Crippen LogP contribution in [-0.4, -0.2) is 22.6 Å². The van der Waals surface area contributed by atoms with Crippen molar-refractivity contribution in [3.8, 4) is 0 Å². The molecule has 31 heavy (non-hydrogen) atoms. The zero-order chi connectivity index (χ0) is 22.4. The predicted octanol–water partition coefficient (Wildman–Crippen LogP) is 5.98. The minimum Gasteiger partial charge on any atom is -0.459 e. The molecule has 0 unspecified atom stereocenters. The van der Waals surface area contributed by atoms with Crippen LogP contribution in [0, 0.1) is 20.8 Å². The van der Waals surface area contributed by atoms with E-state index in [1.807, 2.05) is 56.5 Å². The van der Waals surface area contributed by atoms with Crippen LogP contribution in [0.1, 0.15) is 35.7 Å². The number of amides is 1. The van der Waals surface area contributed by atoms with Crippen molar-refractivity contribution in [2.75, 3.05) is 10.7 Å². The number of anilines is 2. The van der Waals surface area contributed by atoms with Gasteiger partial charge in [0.05, 0.1) is 17.8 Å². The van der Waals surface area contributed by atoms with Crippen molar-refractivity contribution >= 4 is 45.8 Å². The Kier molecular flexibility index (Phi) is 7.87. The summed E-state index contributed by atoms with van der Waals surface area (Å²) in [4.78, 5) is 31.8. The molecule has 0 bridgehead atoms. The van der Waals surface area contributed by atoms with Gasteiger partial charge in [-0.05, 0) is 44.0 Å². The van der Waals surface area contributed by atoms with E-state index in [1.165, 1.54) is 18.3 Å². The number of hydrogen-bond donors (Lipinski definition) is 0. The van der Waals surface area contributed by atoms with Crippen molar-refractivity contribution < 1.29 is 14.3 Å². The molecule has 7 heteroatoms. The van der Waals surface area contributed by atoms with Crippen molar-refractivity contribution in [1.29, 1.82) is 0 Å². The second kappa shape index (κ2) is 10.6. The summed E-state index contributed by atoms with van der Waals surface area (Å²) >= 11 is 2.99. The molecule has 2 aromatic carbocycles. The lowest BCUT2D eigenvalue weighted by Crippen LogP contribution is -2.24. The third-order valence-corrected chi connectivity index (χ3v) is 6.49. The van der Waals surface area contributed by atoms with Gasteiger partial charge < -0.3 is 4.74 Å². The topological polar surface area (TPSA) is 59.5 Å². The summed E-state index contributed by atoms with van der Waals surface area (Å²) in [5.41, 5.74) is 4.68. The quantitative estimate of drug-likeness (QED) is 0.310. The third kappa shape index (κ3) is 6.18. The first-order chi connectivity index (χ1) is 14.8. The van der Waals surface area contributed by atoms with Gasteiger partial charge in [0, 0.05) is 23.0 Å². The summed E-state index contributed by atoms with van der Waals surface area (Å²) < 4.78 is 5.38. The number of nitrogens with zero attached hydrogens (tertiary/aromatic N) is 2. The van der Waals surface area contributed by atoms with Crippen molar-refractivity contribution in [2.45, 2.75) is 45.6 Å². The van der Waals surface area contributed by atoms with Crippen LogP contribution in [0.3, 0.4) is 0 Å². The molecule has 0 fully saturated rings. The van der Waals surface area contributed by atoms with E-state index >= 15 is 0 Å². The van der Waals surface area contributed by atoms with Gasteiger partial charge in [-0.25, -0.2) is 4.98 Å². The Morgan fingerprint density at radius 2 is 1.77 bits per heavy atom. The van der Waals surface area contributed by atoms with Crippen LogP contribution in [0.2, 0.25) is 0 Å². The van der Waals surface area contributed by atoms with Gasteiger partial charge in [0.15, 0.2) is 5.13 Å². The Hall–Kier alpha value is -2.64. The number of hydrogen-bond acceptors (Lipinski definition) is 6. The number of aromatic nitrogens is 1. The second-order valence-corrected chi connectivity index (χ2v) is 9.30. The lowest BCUT2D eigenvalue weighted by Gasteiger charge is -2.23. The summed E-state index contributed by atoms with van der Waals surface area (Å²) in [7, 11) is 0. The van der Waals surface area contributed by atoms with Gasteiger partial charge in [0.2, 0.25) is 5.91 Å². The molecule has 0 saturated carbocycles. The van der Waals surface area contributed by atoms with E-state index in [0.29, 0.717) is 23.0 Å². The number of aryl methyl sites for hydroxylation is 3. The Morgan fingerprint density at radius 3 is 2.42 bits per heavy atom. The standard InChI is InChI=1S/C24H26N2O3S2/c1-16-12-17(2)23(18(3)13-16)26(19(4)27)24-25-20(15-31-24)14-29-22(28)10-11-30-21-8-6-5-7-9-21/h5-9,12-13,15H,10-11,14H2,1-4H3. The zero-order valence-corrected chi connectivity index (χ0v) is 19.8. The van der Waals surface area contributed by atoms with E-state index in [0.717, 1.165) is 27.3 Å². The largest absolute Gasteiger partial charge is 0.459 e. The molecule has 0 radical (unpaired) electrons. The number of thiazole rings is 1. The average molecular weight is 455 g/mol. The monoisotopic (exact) mass is 454 g/mol. The van der Waals surface area contributed by atoms with Crippen LogP contribution in [-0.2, 0) is 20.9 Å². The molecule has 0 aliphatic heterocycles. The van der Waals surface area contributed by atoms with Gasteiger partial charge in [-0.3, -0.25) is 14.5 Å². The Bertz CT molecular complexity index is 1040. The molecule has 0 saturated heterocycles. The highest BCUT2D eigenvalue weighted by molar-refractivity contribution is 7.99. The van der Waals surface area contributed by atoms with Crippen LogP contribution in [0.4, 0.5) is 10.8 Å². The van der Waals surface area contributed by atoms with E-state index in [1.54, 1.807) is 16.7 Å². The summed E-state index contributed by atoms with van der Waals surface area (Å²) in [6, 6.07) is 14.1. The fraction of sp³-hybridized carbons (Fsp3) is 0.292. The first-order valence-corrected chi connectivity index (χ1v) is 11.9. The molecule has 3 rings (SSSR count). The number of thioether (sulfide) groups is 1. The molecular formula is C24H26N2O3S2. The number of esters is 1. The molecule has 0 spiro atoms. The van der Waals surface area contributed by atoms with Crippen LogP contribution in [0.5, 0.6) is 0 Å². The van der Waals surface area contributed by atoms with Crippen LogP contribution < -0.4 is 4.90 Å². The van der Waals surface area contributed by atoms with E-state index in [9.17, 15) is 9.59 Å². The molecule has 1 heterocycles. The van der Waals surface area contributed by atoms with Crippen molar-refractivity contribution in [1.82, 2.24) is 4.98 Å². The number of benzene rings is 2. The Morgan fingerprint density at radius 1 is 1.10 bits per heavy atom. The summed E-state index contributed by atoms with van der Waals surface area (Å²) in [6.07, 6.45) is 0.331. The fourth-order valence-electron chi connectivity index (χ4n) is 3.37. The molecule has 3 aromatic rings. The maximum absolute atomic E-state index is 12.4. The number of carbonyl (C=O) groups excluding carboxylic acids is 2. The third-order valence-electron chi connectivity index (χ3n) is 4.60. The summed E-state index contributed by atoms with van der Waals surface area (Å²) in [5.74, 6) is 0.299. The van der Waals surface area contributed by atoms with Gasteiger partial charge in [-0.2, -0.15) is 0 Å². The van der Waals surface area contributed by atoms with E-state index in [2.05, 4.69) is 17.1 Å². The highest BCUT2D eigenvalue weighted by Crippen LogP contribution is 2.34. The molecule has 5 nitrogen and oxygen atoms in total. The molecule has 1 amide bonds. The van der Waals surface area contributed by atoms with E-state index in [4.69, 9.17) is 4.74 Å². The van der Waals surface area contributed by atoms with Gasteiger partial charge in [0.1, 0.15) is 6.61 Å². The number of carbonyl (C=O) groups is 2. The van der Waals surface area contributed by atoms with Crippen LogP contribution in [0.25, 0.3) is 0 Å². The number of rotatable bonds is 8. The van der Waals surface area contributed by atoms with Gasteiger partial charge >= 0.3 is 5.97 Å². The molecule has 0 aliphatic rings. The zero-order valence-electron chi connectivity index (χ0n) is 18.2. The maximum Gasteiger partial charge on any atom is 0.307 e.